The van der Waals surface area contributed by atoms with Gasteiger partial charge in [-0.25, -0.2) is 4.68 Å². The highest BCUT2D eigenvalue weighted by molar-refractivity contribution is 8.01. The van der Waals surface area contributed by atoms with Crippen LogP contribution in [0.15, 0.2) is 64.4 Å². The molecule has 0 aliphatic carbocycles. The molecule has 4 rings (SSSR count). The molecule has 8 nitrogen and oxygen atoms in total. The summed E-state index contributed by atoms with van der Waals surface area (Å²) in [4.78, 5) is 43.1. The van der Waals surface area contributed by atoms with Gasteiger partial charge in [-0.1, -0.05) is 41.7 Å². The molecule has 1 atom stereocenters. The molecule has 0 bridgehead atoms. The van der Waals surface area contributed by atoms with Gasteiger partial charge in [-0.15, -0.1) is 11.8 Å². The third-order valence-electron chi connectivity index (χ3n) is 5.56. The first-order valence-electron chi connectivity index (χ1n) is 10.7. The predicted molar refractivity (Wildman–Crippen MR) is 138 cm³/mol. The van der Waals surface area contributed by atoms with Gasteiger partial charge in [0.2, 0.25) is 5.91 Å². The Morgan fingerprint density at radius 3 is 2.47 bits per heavy atom. The molecule has 0 aliphatic heterocycles. The Morgan fingerprint density at radius 2 is 1.76 bits per heavy atom. The topological polar surface area (TPSA) is 90.4 Å². The predicted octanol–water partition coefficient (Wildman–Crippen LogP) is 3.23. The van der Waals surface area contributed by atoms with Gasteiger partial charge in [0.15, 0.2) is 4.80 Å². The van der Waals surface area contributed by atoms with Crippen LogP contribution in [0.5, 0.6) is 0 Å². The van der Waals surface area contributed by atoms with Crippen LogP contribution in [-0.4, -0.2) is 36.7 Å². The molecule has 2 amide bonds. The smallest absolute Gasteiger partial charge is 0.295 e. The van der Waals surface area contributed by atoms with Crippen LogP contribution in [0.25, 0.3) is 15.9 Å². The van der Waals surface area contributed by atoms with Crippen molar-refractivity contribution in [2.45, 2.75) is 19.1 Å². The fraction of sp³-hybridized carbons (Fsp3) is 0.250. The number of amides is 2. The van der Waals surface area contributed by atoms with Crippen LogP contribution in [0.4, 0.5) is 5.69 Å². The first-order valence-corrected chi connectivity index (χ1v) is 12.5. The molecule has 1 N–H and O–H groups in total. The quantitative estimate of drug-likeness (QED) is 0.445. The maximum absolute atomic E-state index is 13.0. The van der Waals surface area contributed by atoms with E-state index in [0.717, 1.165) is 10.2 Å². The molecule has 0 fully saturated rings. The number of nitrogens with zero attached hydrogens (tertiary/aromatic N) is 4. The summed E-state index contributed by atoms with van der Waals surface area (Å²) in [5.74, 6) is -0.587. The highest BCUT2D eigenvalue weighted by Gasteiger charge is 2.21. The summed E-state index contributed by atoms with van der Waals surface area (Å²) in [6, 6.07) is 17.1. The molecule has 2 aromatic carbocycles. The molecule has 2 heterocycles. The number of rotatable bonds is 6. The second kappa shape index (κ2) is 9.86. The van der Waals surface area contributed by atoms with Gasteiger partial charge < -0.3 is 9.88 Å². The minimum atomic E-state index is -0.542. The summed E-state index contributed by atoms with van der Waals surface area (Å²) in [7, 11) is 3.64. The van der Waals surface area contributed by atoms with Crippen LogP contribution in [0.1, 0.15) is 12.6 Å². The first-order chi connectivity index (χ1) is 16.3. The average molecular weight is 496 g/mol. The summed E-state index contributed by atoms with van der Waals surface area (Å²) >= 11 is 2.63. The zero-order chi connectivity index (χ0) is 24.4. The number of fused-ring (bicyclic) bond motifs is 1. The summed E-state index contributed by atoms with van der Waals surface area (Å²) in [5, 5.41) is 2.21. The van der Waals surface area contributed by atoms with Crippen molar-refractivity contribution < 1.29 is 9.59 Å². The van der Waals surface area contributed by atoms with Crippen LogP contribution < -0.4 is 15.7 Å². The molecular weight excluding hydrogens is 470 g/mol. The van der Waals surface area contributed by atoms with Gasteiger partial charge in [-0.05, 0) is 38.1 Å². The van der Waals surface area contributed by atoms with Crippen molar-refractivity contribution in [1.29, 1.82) is 0 Å². The Kier molecular flexibility index (Phi) is 6.90. The number of carbonyl (C=O) groups excluding carboxylic acids is 2. The van der Waals surface area contributed by atoms with Crippen LogP contribution in [0, 0.1) is 6.92 Å². The number of aryl methyl sites for hydroxylation is 1. The minimum absolute atomic E-state index is 0.0604. The largest absolute Gasteiger partial charge is 0.319 e. The molecular formula is C24H25N5O3S2. The van der Waals surface area contributed by atoms with Crippen molar-refractivity contribution in [3.05, 3.63) is 75.4 Å². The van der Waals surface area contributed by atoms with E-state index < -0.39 is 5.25 Å². The first kappa shape index (κ1) is 23.8. The Hall–Kier alpha value is -3.37. The molecule has 0 saturated heterocycles. The number of carbonyl (C=O) groups is 2. The molecule has 176 valence electrons. The van der Waals surface area contributed by atoms with Crippen molar-refractivity contribution in [2.75, 3.05) is 11.1 Å². The van der Waals surface area contributed by atoms with Crippen molar-refractivity contribution in [2.24, 2.45) is 19.1 Å². The van der Waals surface area contributed by atoms with Crippen molar-refractivity contribution >= 4 is 50.8 Å². The van der Waals surface area contributed by atoms with Gasteiger partial charge in [0, 0.05) is 14.1 Å². The van der Waals surface area contributed by atoms with E-state index in [1.54, 1.807) is 25.6 Å². The zero-order valence-corrected chi connectivity index (χ0v) is 20.9. The van der Waals surface area contributed by atoms with Crippen molar-refractivity contribution in [1.82, 2.24) is 13.9 Å². The standard InChI is InChI=1S/C24H25N5O3S2/c1-15-21(23(32)29(28(15)4)17-10-6-5-7-11-17)26-22(31)16(2)33-14-20(30)25-24-27(3)18-12-8-9-13-19(18)34-24/h5-13,16H,14H2,1-4H3,(H,26,31). The lowest BCUT2D eigenvalue weighted by Crippen LogP contribution is -2.27. The van der Waals surface area contributed by atoms with E-state index >= 15 is 0 Å². The Morgan fingerprint density at radius 1 is 1.09 bits per heavy atom. The normalized spacial score (nSPS) is 12.8. The summed E-state index contributed by atoms with van der Waals surface area (Å²) in [6.45, 7) is 3.49. The summed E-state index contributed by atoms with van der Waals surface area (Å²) < 4.78 is 6.15. The second-order valence-electron chi connectivity index (χ2n) is 7.80. The van der Waals surface area contributed by atoms with Gasteiger partial charge in [0.25, 0.3) is 11.5 Å². The third kappa shape index (κ3) is 4.64. The SMILES string of the molecule is Cc1c(NC(=O)C(C)SCC(=O)N=c2sc3ccccc3n2C)c(=O)n(-c2ccccc2)n1C. The maximum Gasteiger partial charge on any atom is 0.295 e. The number of thioether (sulfide) groups is 1. The lowest BCUT2D eigenvalue weighted by molar-refractivity contribution is -0.115. The number of anilines is 1. The zero-order valence-electron chi connectivity index (χ0n) is 19.3. The fourth-order valence-electron chi connectivity index (χ4n) is 3.54. The molecule has 10 heteroatoms. The molecule has 0 saturated carbocycles. The number of hydrogen-bond acceptors (Lipinski definition) is 5. The van der Waals surface area contributed by atoms with Gasteiger partial charge in [-0.2, -0.15) is 4.99 Å². The van der Waals surface area contributed by atoms with Crippen LogP contribution in [-0.2, 0) is 23.7 Å². The van der Waals surface area contributed by atoms with Gasteiger partial charge in [0.05, 0.1) is 32.6 Å². The molecule has 0 spiro atoms. The van der Waals surface area contributed by atoms with Gasteiger partial charge >= 0.3 is 0 Å². The highest BCUT2D eigenvalue weighted by atomic mass is 32.2. The van der Waals surface area contributed by atoms with Crippen LogP contribution in [0.2, 0.25) is 0 Å². The molecule has 4 aromatic rings. The molecule has 1 unspecified atom stereocenters. The Bertz CT molecular complexity index is 1490. The van der Waals surface area contributed by atoms with Gasteiger partial charge in [0.1, 0.15) is 5.69 Å². The Labute approximate surface area is 204 Å². The lowest BCUT2D eigenvalue weighted by Gasteiger charge is -2.10. The monoisotopic (exact) mass is 495 g/mol. The second-order valence-corrected chi connectivity index (χ2v) is 10.1. The molecule has 2 aromatic heterocycles. The van der Waals surface area contributed by atoms with E-state index in [4.69, 9.17) is 0 Å². The highest BCUT2D eigenvalue weighted by Crippen LogP contribution is 2.18. The minimum Gasteiger partial charge on any atom is -0.319 e. The van der Waals surface area contributed by atoms with Crippen LogP contribution in [0.3, 0.4) is 0 Å². The third-order valence-corrected chi connectivity index (χ3v) is 7.80. The Balaban J connectivity index is 1.44. The molecule has 0 aliphatic rings. The summed E-state index contributed by atoms with van der Waals surface area (Å²) in [5.41, 5.74) is 2.29. The number of hydrogen-bond donors (Lipinski definition) is 1. The molecule has 0 radical (unpaired) electrons. The average Bonchev–Trinajstić information content (AvgIpc) is 3.26. The van der Waals surface area contributed by atoms with E-state index in [0.29, 0.717) is 16.2 Å². The van der Waals surface area contributed by atoms with Crippen molar-refractivity contribution in [3.8, 4) is 5.69 Å². The summed E-state index contributed by atoms with van der Waals surface area (Å²) in [6.07, 6.45) is 0. The number of benzene rings is 2. The number of para-hydroxylation sites is 2. The molecule has 34 heavy (non-hydrogen) atoms. The maximum atomic E-state index is 13.0. The van der Waals surface area contributed by atoms with E-state index in [-0.39, 0.29) is 28.8 Å². The van der Waals surface area contributed by atoms with Gasteiger partial charge in [-0.3, -0.25) is 19.1 Å². The van der Waals surface area contributed by atoms with E-state index in [2.05, 4.69) is 10.3 Å². The van der Waals surface area contributed by atoms with Crippen LogP contribution >= 0.6 is 23.1 Å². The van der Waals surface area contributed by atoms with Crippen molar-refractivity contribution in [3.63, 3.8) is 0 Å². The number of aromatic nitrogens is 3. The number of nitrogens with one attached hydrogen (secondary N) is 1. The van der Waals surface area contributed by atoms with E-state index in [9.17, 15) is 14.4 Å². The van der Waals surface area contributed by atoms with E-state index in [1.165, 1.54) is 27.8 Å². The lowest BCUT2D eigenvalue weighted by atomic mass is 10.3. The number of thiazole rings is 1. The van der Waals surface area contributed by atoms with E-state index in [1.807, 2.05) is 66.2 Å². The fourth-order valence-corrected chi connectivity index (χ4v) is 5.24.